The van der Waals surface area contributed by atoms with E-state index in [1.807, 2.05) is 25.1 Å². The maximum atomic E-state index is 12.0. The van der Waals surface area contributed by atoms with Crippen LogP contribution in [0, 0.1) is 6.92 Å². The summed E-state index contributed by atoms with van der Waals surface area (Å²) in [6, 6.07) is 5.81. The van der Waals surface area contributed by atoms with Gasteiger partial charge in [-0.2, -0.15) is 0 Å². The number of H-pyrrole nitrogens is 1. The Hall–Kier alpha value is -2.10. The standard InChI is InChI=1S/C13H12N2O2/c1-7-2-3-9-8(6-7)11-10(16)4-5-14-13(17)12(11)15-9/h2-3,6,15H,4-5H2,1H3,(H,14,17). The molecule has 1 aliphatic heterocycles. The predicted octanol–water partition coefficient (Wildman–Crippen LogP) is 1.79. The fraction of sp³-hybridized carbons (Fsp3) is 0.231. The predicted molar refractivity (Wildman–Crippen MR) is 64.3 cm³/mol. The first-order valence-corrected chi connectivity index (χ1v) is 5.60. The molecule has 4 nitrogen and oxygen atoms in total. The zero-order chi connectivity index (χ0) is 12.0. The first kappa shape index (κ1) is 10.1. The van der Waals surface area contributed by atoms with Gasteiger partial charge < -0.3 is 10.3 Å². The number of aromatic nitrogens is 1. The molecule has 17 heavy (non-hydrogen) atoms. The molecule has 0 radical (unpaired) electrons. The summed E-state index contributed by atoms with van der Waals surface area (Å²) in [5.41, 5.74) is 2.86. The highest BCUT2D eigenvalue weighted by Crippen LogP contribution is 2.26. The third-order valence-electron chi connectivity index (χ3n) is 3.10. The number of fused-ring (bicyclic) bond motifs is 3. The molecule has 0 atom stereocenters. The van der Waals surface area contributed by atoms with Gasteiger partial charge in [0.05, 0.1) is 5.56 Å². The van der Waals surface area contributed by atoms with Crippen molar-refractivity contribution < 1.29 is 9.59 Å². The monoisotopic (exact) mass is 228 g/mol. The van der Waals surface area contributed by atoms with Crippen molar-refractivity contribution in [2.45, 2.75) is 13.3 Å². The lowest BCUT2D eigenvalue weighted by atomic mass is 10.0. The number of carbonyl (C=O) groups is 2. The van der Waals surface area contributed by atoms with Crippen molar-refractivity contribution in [3.05, 3.63) is 35.0 Å². The summed E-state index contributed by atoms with van der Waals surface area (Å²) in [5.74, 6) is -0.171. The number of ketones is 1. The van der Waals surface area contributed by atoms with E-state index in [1.165, 1.54) is 0 Å². The van der Waals surface area contributed by atoms with Crippen molar-refractivity contribution in [2.24, 2.45) is 0 Å². The zero-order valence-electron chi connectivity index (χ0n) is 9.46. The number of amides is 1. The first-order chi connectivity index (χ1) is 8.16. The second kappa shape index (κ2) is 3.45. The number of nitrogens with one attached hydrogen (secondary N) is 2. The van der Waals surface area contributed by atoms with Gasteiger partial charge in [0.15, 0.2) is 5.78 Å². The molecule has 0 bridgehead atoms. The van der Waals surface area contributed by atoms with Crippen LogP contribution in [0.15, 0.2) is 18.2 Å². The molecule has 2 aromatic rings. The number of carbonyl (C=O) groups excluding carboxylic acids is 2. The summed E-state index contributed by atoms with van der Waals surface area (Å²) in [6.07, 6.45) is 0.361. The van der Waals surface area contributed by atoms with Crippen LogP contribution in [-0.4, -0.2) is 23.2 Å². The van der Waals surface area contributed by atoms with Gasteiger partial charge in [-0.05, 0) is 19.1 Å². The number of Topliss-reactive ketones (excluding diaryl/α,β-unsaturated/α-hetero) is 1. The molecule has 0 fully saturated rings. The third-order valence-corrected chi connectivity index (χ3v) is 3.10. The fourth-order valence-electron chi connectivity index (χ4n) is 2.27. The molecule has 86 valence electrons. The molecular weight excluding hydrogens is 216 g/mol. The van der Waals surface area contributed by atoms with Gasteiger partial charge in [0.25, 0.3) is 5.91 Å². The largest absolute Gasteiger partial charge is 0.350 e. The Morgan fingerprint density at radius 1 is 1.24 bits per heavy atom. The number of aromatic amines is 1. The molecule has 1 amide bonds. The normalized spacial score (nSPS) is 15.6. The first-order valence-electron chi connectivity index (χ1n) is 5.60. The second-order valence-electron chi connectivity index (χ2n) is 4.35. The van der Waals surface area contributed by atoms with E-state index in [1.54, 1.807) is 0 Å². The van der Waals surface area contributed by atoms with Crippen LogP contribution in [0.25, 0.3) is 10.9 Å². The molecule has 0 spiro atoms. The van der Waals surface area contributed by atoms with Gasteiger partial charge in [0.1, 0.15) is 5.69 Å². The van der Waals surface area contributed by atoms with Crippen molar-refractivity contribution in [1.82, 2.24) is 10.3 Å². The number of aryl methyl sites for hydroxylation is 1. The van der Waals surface area contributed by atoms with E-state index < -0.39 is 0 Å². The van der Waals surface area contributed by atoms with E-state index in [4.69, 9.17) is 0 Å². The van der Waals surface area contributed by atoms with Gasteiger partial charge in [-0.3, -0.25) is 9.59 Å². The molecule has 1 aliphatic rings. The molecule has 0 saturated carbocycles. The van der Waals surface area contributed by atoms with Crippen LogP contribution in [0.5, 0.6) is 0 Å². The van der Waals surface area contributed by atoms with Crippen molar-refractivity contribution >= 4 is 22.6 Å². The SMILES string of the molecule is Cc1ccc2[nH]c3c(c2c1)C(=O)CCNC3=O. The van der Waals surface area contributed by atoms with Gasteiger partial charge >= 0.3 is 0 Å². The summed E-state index contributed by atoms with van der Waals surface area (Å²) < 4.78 is 0. The molecule has 1 aromatic heterocycles. The van der Waals surface area contributed by atoms with E-state index in [-0.39, 0.29) is 11.7 Å². The molecular formula is C13H12N2O2. The average molecular weight is 228 g/mol. The highest BCUT2D eigenvalue weighted by molar-refractivity contribution is 6.17. The maximum Gasteiger partial charge on any atom is 0.268 e. The Balaban J connectivity index is 2.38. The lowest BCUT2D eigenvalue weighted by Gasteiger charge is -1.97. The van der Waals surface area contributed by atoms with E-state index in [0.717, 1.165) is 16.5 Å². The van der Waals surface area contributed by atoms with Crippen LogP contribution in [0.3, 0.4) is 0 Å². The third kappa shape index (κ3) is 1.45. The summed E-state index contributed by atoms with van der Waals surface area (Å²) >= 11 is 0. The van der Waals surface area contributed by atoms with Crippen molar-refractivity contribution in [3.8, 4) is 0 Å². The zero-order valence-corrected chi connectivity index (χ0v) is 9.46. The van der Waals surface area contributed by atoms with Crippen LogP contribution in [0.1, 0.15) is 32.8 Å². The molecule has 0 saturated heterocycles. The van der Waals surface area contributed by atoms with Crippen LogP contribution >= 0.6 is 0 Å². The van der Waals surface area contributed by atoms with Gasteiger partial charge in [-0.25, -0.2) is 0 Å². The number of rotatable bonds is 0. The minimum absolute atomic E-state index is 0.0233. The lowest BCUT2D eigenvalue weighted by Crippen LogP contribution is -2.23. The van der Waals surface area contributed by atoms with Crippen LogP contribution in [0.4, 0.5) is 0 Å². The highest BCUT2D eigenvalue weighted by Gasteiger charge is 2.25. The Morgan fingerprint density at radius 2 is 2.06 bits per heavy atom. The Morgan fingerprint density at radius 3 is 2.88 bits per heavy atom. The van der Waals surface area contributed by atoms with E-state index in [0.29, 0.717) is 24.2 Å². The molecule has 1 aromatic carbocycles. The second-order valence-corrected chi connectivity index (χ2v) is 4.35. The molecule has 2 heterocycles. The van der Waals surface area contributed by atoms with Gasteiger partial charge in [-0.15, -0.1) is 0 Å². The summed E-state index contributed by atoms with van der Waals surface area (Å²) in [7, 11) is 0. The lowest BCUT2D eigenvalue weighted by molar-refractivity contribution is 0.0952. The smallest absolute Gasteiger partial charge is 0.268 e. The molecule has 0 unspecified atom stereocenters. The van der Waals surface area contributed by atoms with E-state index >= 15 is 0 Å². The Labute approximate surface area is 98.0 Å². The maximum absolute atomic E-state index is 12.0. The van der Waals surface area contributed by atoms with Crippen LogP contribution in [0.2, 0.25) is 0 Å². The minimum Gasteiger partial charge on any atom is -0.350 e. The van der Waals surface area contributed by atoms with Gasteiger partial charge in [0, 0.05) is 23.9 Å². The van der Waals surface area contributed by atoms with E-state index in [2.05, 4.69) is 10.3 Å². The minimum atomic E-state index is -0.195. The Kier molecular flexibility index (Phi) is 2.04. The summed E-state index contributed by atoms with van der Waals surface area (Å²) in [4.78, 5) is 26.9. The van der Waals surface area contributed by atoms with Gasteiger partial charge in [-0.1, -0.05) is 11.6 Å². The molecule has 3 rings (SSSR count). The number of benzene rings is 1. The van der Waals surface area contributed by atoms with E-state index in [9.17, 15) is 9.59 Å². The number of hydrogen-bond donors (Lipinski definition) is 2. The summed E-state index contributed by atoms with van der Waals surface area (Å²) in [5, 5.41) is 3.56. The fourth-order valence-corrected chi connectivity index (χ4v) is 2.27. The van der Waals surface area contributed by atoms with Gasteiger partial charge in [0.2, 0.25) is 0 Å². The van der Waals surface area contributed by atoms with Crippen LogP contribution < -0.4 is 5.32 Å². The molecule has 2 N–H and O–H groups in total. The molecule has 0 aliphatic carbocycles. The average Bonchev–Trinajstić information content (AvgIpc) is 2.60. The highest BCUT2D eigenvalue weighted by atomic mass is 16.2. The molecule has 4 heteroatoms. The quantitative estimate of drug-likeness (QED) is 0.722. The Bertz CT molecular complexity index is 640. The van der Waals surface area contributed by atoms with Crippen LogP contribution in [-0.2, 0) is 0 Å². The number of hydrogen-bond acceptors (Lipinski definition) is 2. The topological polar surface area (TPSA) is 62.0 Å². The summed E-state index contributed by atoms with van der Waals surface area (Å²) in [6.45, 7) is 2.38. The van der Waals surface area contributed by atoms with Crippen molar-refractivity contribution in [2.75, 3.05) is 6.54 Å². The van der Waals surface area contributed by atoms with Crippen molar-refractivity contribution in [3.63, 3.8) is 0 Å². The van der Waals surface area contributed by atoms with Crippen molar-refractivity contribution in [1.29, 1.82) is 0 Å².